The Morgan fingerprint density at radius 3 is 2.70 bits per heavy atom. The number of hydrogen-bond donors (Lipinski definition) is 2. The highest BCUT2D eigenvalue weighted by Crippen LogP contribution is 2.26. The molecule has 1 aromatic carbocycles. The van der Waals surface area contributed by atoms with Crippen LogP contribution in [0.3, 0.4) is 0 Å². The minimum atomic E-state index is -0.260. The summed E-state index contributed by atoms with van der Waals surface area (Å²) in [5.74, 6) is 1.06. The van der Waals surface area contributed by atoms with Crippen LogP contribution in [0, 0.1) is 0 Å². The number of aryl methyl sites for hydroxylation is 1. The van der Waals surface area contributed by atoms with Crippen LogP contribution < -0.4 is 10.6 Å². The van der Waals surface area contributed by atoms with Gasteiger partial charge >= 0.3 is 6.03 Å². The number of carbonyl (C=O) groups is 1. The van der Waals surface area contributed by atoms with E-state index in [-0.39, 0.29) is 6.03 Å². The van der Waals surface area contributed by atoms with E-state index in [1.54, 1.807) is 24.0 Å². The van der Waals surface area contributed by atoms with Crippen LogP contribution in [0.5, 0.6) is 0 Å². The molecule has 0 aliphatic heterocycles. The molecule has 5 nitrogen and oxygen atoms in total. The van der Waals surface area contributed by atoms with E-state index >= 15 is 0 Å². The minimum absolute atomic E-state index is 0.260. The summed E-state index contributed by atoms with van der Waals surface area (Å²) in [6.45, 7) is 4.29. The molecule has 0 radical (unpaired) electrons. The van der Waals surface area contributed by atoms with Crippen LogP contribution >= 0.6 is 0 Å². The Morgan fingerprint density at radius 2 is 2.05 bits per heavy atom. The highest BCUT2D eigenvalue weighted by atomic mass is 16.2. The molecule has 5 heteroatoms. The van der Waals surface area contributed by atoms with E-state index in [1.165, 1.54) is 0 Å². The SMILES string of the molecule is CCC(C)c1ccccc1NC(=O)Nc1ccnn1C. The Bertz CT molecular complexity index is 591. The fourth-order valence-electron chi connectivity index (χ4n) is 2.03. The Morgan fingerprint density at radius 1 is 1.30 bits per heavy atom. The van der Waals surface area contributed by atoms with Gasteiger partial charge in [-0.2, -0.15) is 5.10 Å². The third kappa shape index (κ3) is 3.17. The molecule has 1 aromatic heterocycles. The van der Waals surface area contributed by atoms with Crippen molar-refractivity contribution >= 4 is 17.5 Å². The molecular formula is C15H20N4O. The van der Waals surface area contributed by atoms with Gasteiger partial charge in [-0.05, 0) is 24.0 Å². The Balaban J connectivity index is 2.10. The average Bonchev–Trinajstić information content (AvgIpc) is 2.84. The molecule has 2 N–H and O–H groups in total. The summed E-state index contributed by atoms with van der Waals surface area (Å²) < 4.78 is 1.61. The third-order valence-corrected chi connectivity index (χ3v) is 3.41. The first kappa shape index (κ1) is 14.1. The number of anilines is 2. The van der Waals surface area contributed by atoms with E-state index in [1.807, 2.05) is 24.3 Å². The van der Waals surface area contributed by atoms with Crippen LogP contribution in [0.4, 0.5) is 16.3 Å². The zero-order valence-electron chi connectivity index (χ0n) is 12.1. The first-order chi connectivity index (χ1) is 9.61. The molecular weight excluding hydrogens is 252 g/mol. The highest BCUT2D eigenvalue weighted by Gasteiger charge is 2.11. The summed E-state index contributed by atoms with van der Waals surface area (Å²) in [5.41, 5.74) is 2.00. The number of amides is 2. The summed E-state index contributed by atoms with van der Waals surface area (Å²) in [6, 6.07) is 9.37. The highest BCUT2D eigenvalue weighted by molar-refractivity contribution is 5.99. The van der Waals surface area contributed by atoms with Crippen molar-refractivity contribution in [2.24, 2.45) is 7.05 Å². The molecule has 2 rings (SSSR count). The van der Waals surface area contributed by atoms with E-state index in [0.29, 0.717) is 11.7 Å². The zero-order chi connectivity index (χ0) is 14.5. The second-order valence-electron chi connectivity index (χ2n) is 4.82. The van der Waals surface area contributed by atoms with E-state index in [4.69, 9.17) is 0 Å². The van der Waals surface area contributed by atoms with Crippen LogP contribution in [0.25, 0.3) is 0 Å². The lowest BCUT2D eigenvalue weighted by atomic mass is 9.97. The Hall–Kier alpha value is -2.30. The van der Waals surface area contributed by atoms with Gasteiger partial charge in [0.15, 0.2) is 0 Å². The number of urea groups is 1. The fourth-order valence-corrected chi connectivity index (χ4v) is 2.03. The fraction of sp³-hybridized carbons (Fsp3) is 0.333. The summed E-state index contributed by atoms with van der Waals surface area (Å²) in [7, 11) is 1.78. The van der Waals surface area contributed by atoms with Crippen molar-refractivity contribution in [2.45, 2.75) is 26.2 Å². The first-order valence-electron chi connectivity index (χ1n) is 6.76. The number of carbonyl (C=O) groups excluding carboxylic acids is 1. The van der Waals surface area contributed by atoms with Crippen LogP contribution in [0.2, 0.25) is 0 Å². The molecule has 1 atom stereocenters. The van der Waals surface area contributed by atoms with Crippen LogP contribution in [0.15, 0.2) is 36.5 Å². The predicted molar refractivity (Wildman–Crippen MR) is 81.0 cm³/mol. The molecule has 0 saturated heterocycles. The van der Waals surface area contributed by atoms with Crippen molar-refractivity contribution in [3.63, 3.8) is 0 Å². The largest absolute Gasteiger partial charge is 0.324 e. The van der Waals surface area contributed by atoms with Gasteiger partial charge in [-0.25, -0.2) is 4.79 Å². The van der Waals surface area contributed by atoms with Crippen molar-refractivity contribution in [1.82, 2.24) is 9.78 Å². The molecule has 0 bridgehead atoms. The van der Waals surface area contributed by atoms with Crippen LogP contribution in [-0.4, -0.2) is 15.8 Å². The van der Waals surface area contributed by atoms with E-state index in [0.717, 1.165) is 17.7 Å². The molecule has 2 amide bonds. The minimum Gasteiger partial charge on any atom is -0.307 e. The van der Waals surface area contributed by atoms with Crippen molar-refractivity contribution in [1.29, 1.82) is 0 Å². The van der Waals surface area contributed by atoms with Crippen molar-refractivity contribution in [3.05, 3.63) is 42.1 Å². The number of rotatable bonds is 4. The second kappa shape index (κ2) is 6.23. The van der Waals surface area contributed by atoms with Crippen LogP contribution in [-0.2, 0) is 7.05 Å². The topological polar surface area (TPSA) is 59.0 Å². The number of para-hydroxylation sites is 1. The predicted octanol–water partition coefficient (Wildman–Crippen LogP) is 3.58. The lowest BCUT2D eigenvalue weighted by Crippen LogP contribution is -2.22. The molecule has 106 valence electrons. The van der Waals surface area contributed by atoms with E-state index in [9.17, 15) is 4.79 Å². The average molecular weight is 272 g/mol. The number of hydrogen-bond acceptors (Lipinski definition) is 2. The molecule has 0 saturated carbocycles. The zero-order valence-corrected chi connectivity index (χ0v) is 12.1. The molecule has 1 unspecified atom stereocenters. The maximum atomic E-state index is 12.0. The normalized spacial score (nSPS) is 11.9. The standard InChI is InChI=1S/C15H20N4O/c1-4-11(2)12-7-5-6-8-13(12)17-15(20)18-14-9-10-16-19(14)3/h5-11H,4H2,1-3H3,(H2,17,18,20). The van der Waals surface area contributed by atoms with Gasteiger partial charge in [-0.15, -0.1) is 0 Å². The van der Waals surface area contributed by atoms with E-state index in [2.05, 4.69) is 29.6 Å². The maximum absolute atomic E-state index is 12.0. The summed E-state index contributed by atoms with van der Waals surface area (Å²) in [6.07, 6.45) is 2.67. The molecule has 0 spiro atoms. The molecule has 0 fully saturated rings. The lowest BCUT2D eigenvalue weighted by molar-refractivity contribution is 0.262. The Labute approximate surface area is 119 Å². The van der Waals surface area contributed by atoms with Gasteiger partial charge in [-0.1, -0.05) is 32.0 Å². The number of nitrogens with zero attached hydrogens (tertiary/aromatic N) is 2. The lowest BCUT2D eigenvalue weighted by Gasteiger charge is -2.16. The van der Waals surface area contributed by atoms with E-state index < -0.39 is 0 Å². The quantitative estimate of drug-likeness (QED) is 0.893. The van der Waals surface area contributed by atoms with Gasteiger partial charge in [0.05, 0.1) is 6.20 Å². The van der Waals surface area contributed by atoms with Crippen LogP contribution in [0.1, 0.15) is 31.7 Å². The maximum Gasteiger partial charge on any atom is 0.324 e. The molecule has 2 aromatic rings. The third-order valence-electron chi connectivity index (χ3n) is 3.41. The first-order valence-corrected chi connectivity index (χ1v) is 6.76. The smallest absolute Gasteiger partial charge is 0.307 e. The van der Waals surface area contributed by atoms with Crippen molar-refractivity contribution in [2.75, 3.05) is 10.6 Å². The molecule has 20 heavy (non-hydrogen) atoms. The monoisotopic (exact) mass is 272 g/mol. The summed E-state index contributed by atoms with van der Waals surface area (Å²) >= 11 is 0. The van der Waals surface area contributed by atoms with Crippen molar-refractivity contribution in [3.8, 4) is 0 Å². The second-order valence-corrected chi connectivity index (χ2v) is 4.82. The number of aromatic nitrogens is 2. The number of nitrogens with one attached hydrogen (secondary N) is 2. The van der Waals surface area contributed by atoms with Gasteiger partial charge in [-0.3, -0.25) is 10.00 Å². The summed E-state index contributed by atoms with van der Waals surface area (Å²) in [4.78, 5) is 12.0. The van der Waals surface area contributed by atoms with Gasteiger partial charge in [0.1, 0.15) is 5.82 Å². The van der Waals surface area contributed by atoms with Crippen molar-refractivity contribution < 1.29 is 4.79 Å². The van der Waals surface area contributed by atoms with Gasteiger partial charge in [0, 0.05) is 18.8 Å². The molecule has 0 aliphatic carbocycles. The number of benzene rings is 1. The van der Waals surface area contributed by atoms with Gasteiger partial charge in [0.25, 0.3) is 0 Å². The molecule has 0 aliphatic rings. The van der Waals surface area contributed by atoms with Gasteiger partial charge in [0.2, 0.25) is 0 Å². The Kier molecular flexibility index (Phi) is 4.40. The molecule has 1 heterocycles. The summed E-state index contributed by atoms with van der Waals surface area (Å²) in [5, 5.41) is 9.68. The van der Waals surface area contributed by atoms with Gasteiger partial charge < -0.3 is 5.32 Å².